The van der Waals surface area contributed by atoms with Crippen LogP contribution in [0.5, 0.6) is 0 Å². The minimum atomic E-state index is -0.178. The Morgan fingerprint density at radius 2 is 1.56 bits per heavy atom. The summed E-state index contributed by atoms with van der Waals surface area (Å²) in [5.74, 6) is 0. The molecule has 0 aliphatic heterocycles. The maximum absolute atomic E-state index is 12.6. The molecule has 0 saturated carbocycles. The SMILES string of the molecule is Cc1cc(-c2ccc[nH]c2=O)c2[nH]c(=O)c(-c3ccccc3)cc2c1. The van der Waals surface area contributed by atoms with Crippen LogP contribution in [-0.2, 0) is 0 Å². The largest absolute Gasteiger partial charge is 0.329 e. The molecular formula is C21H16N2O2. The zero-order chi connectivity index (χ0) is 17.4. The van der Waals surface area contributed by atoms with Gasteiger partial charge in [-0.2, -0.15) is 0 Å². The highest BCUT2D eigenvalue weighted by Crippen LogP contribution is 2.28. The van der Waals surface area contributed by atoms with Crippen LogP contribution in [-0.4, -0.2) is 9.97 Å². The monoisotopic (exact) mass is 328 g/mol. The van der Waals surface area contributed by atoms with Crippen molar-refractivity contribution in [2.45, 2.75) is 6.92 Å². The molecule has 0 saturated heterocycles. The number of aromatic nitrogens is 2. The Balaban J connectivity index is 2.05. The van der Waals surface area contributed by atoms with Gasteiger partial charge < -0.3 is 9.97 Å². The third kappa shape index (κ3) is 2.68. The molecule has 4 nitrogen and oxygen atoms in total. The first-order chi connectivity index (χ1) is 12.1. The van der Waals surface area contributed by atoms with E-state index < -0.39 is 0 Å². The van der Waals surface area contributed by atoms with Crippen molar-refractivity contribution in [1.29, 1.82) is 0 Å². The van der Waals surface area contributed by atoms with Gasteiger partial charge in [0.15, 0.2) is 0 Å². The summed E-state index contributed by atoms with van der Waals surface area (Å²) in [5.41, 5.74) is 4.10. The maximum atomic E-state index is 12.6. The lowest BCUT2D eigenvalue weighted by atomic mass is 9.98. The number of nitrogens with one attached hydrogen (secondary N) is 2. The van der Waals surface area contributed by atoms with E-state index in [9.17, 15) is 9.59 Å². The number of aryl methyl sites for hydroxylation is 1. The van der Waals surface area contributed by atoms with E-state index in [0.717, 1.165) is 22.1 Å². The number of benzene rings is 2. The molecule has 0 aliphatic rings. The average Bonchev–Trinajstić information content (AvgIpc) is 2.62. The Morgan fingerprint density at radius 1 is 0.760 bits per heavy atom. The first kappa shape index (κ1) is 15.1. The fraction of sp³-hybridized carbons (Fsp3) is 0.0476. The lowest BCUT2D eigenvalue weighted by Crippen LogP contribution is -2.11. The van der Waals surface area contributed by atoms with Crippen LogP contribution in [0.1, 0.15) is 5.56 Å². The van der Waals surface area contributed by atoms with Gasteiger partial charge in [-0.1, -0.05) is 30.3 Å². The summed E-state index contributed by atoms with van der Waals surface area (Å²) in [6.45, 7) is 1.98. The number of H-pyrrole nitrogens is 2. The van der Waals surface area contributed by atoms with Gasteiger partial charge in [-0.15, -0.1) is 0 Å². The first-order valence-corrected chi connectivity index (χ1v) is 8.04. The van der Waals surface area contributed by atoms with Crippen molar-refractivity contribution in [3.05, 3.63) is 93.1 Å². The number of hydrogen-bond donors (Lipinski definition) is 2. The van der Waals surface area contributed by atoms with E-state index in [1.165, 1.54) is 0 Å². The van der Waals surface area contributed by atoms with Crippen LogP contribution in [0, 0.1) is 6.92 Å². The number of pyridine rings is 2. The molecule has 0 fully saturated rings. The standard InChI is InChI=1S/C21H16N2O2/c1-13-10-15-12-17(14-6-3-2-4-7-14)21(25)23-19(15)18(11-13)16-8-5-9-22-20(16)24/h2-12H,1H3,(H,22,24)(H,23,25). The molecular weight excluding hydrogens is 312 g/mol. The normalized spacial score (nSPS) is 10.9. The Morgan fingerprint density at radius 3 is 2.32 bits per heavy atom. The summed E-state index contributed by atoms with van der Waals surface area (Å²) in [6.07, 6.45) is 1.60. The van der Waals surface area contributed by atoms with E-state index in [4.69, 9.17) is 0 Å². The summed E-state index contributed by atoms with van der Waals surface area (Å²) in [7, 11) is 0. The zero-order valence-corrected chi connectivity index (χ0v) is 13.7. The van der Waals surface area contributed by atoms with Crippen LogP contribution in [0.25, 0.3) is 33.2 Å². The fourth-order valence-electron chi connectivity index (χ4n) is 3.15. The van der Waals surface area contributed by atoms with Crippen molar-refractivity contribution in [2.75, 3.05) is 0 Å². The highest BCUT2D eigenvalue weighted by Gasteiger charge is 2.12. The molecule has 2 aromatic heterocycles. The second-order valence-corrected chi connectivity index (χ2v) is 6.07. The van der Waals surface area contributed by atoms with E-state index in [0.29, 0.717) is 16.6 Å². The van der Waals surface area contributed by atoms with Crippen LogP contribution in [0.15, 0.2) is 76.4 Å². The second kappa shape index (κ2) is 5.91. The van der Waals surface area contributed by atoms with Gasteiger partial charge in [0.25, 0.3) is 11.1 Å². The van der Waals surface area contributed by atoms with E-state index in [1.807, 2.05) is 55.5 Å². The number of aromatic amines is 2. The van der Waals surface area contributed by atoms with Crippen molar-refractivity contribution in [3.8, 4) is 22.3 Å². The van der Waals surface area contributed by atoms with Crippen LogP contribution >= 0.6 is 0 Å². The van der Waals surface area contributed by atoms with Gasteiger partial charge in [0.2, 0.25) is 0 Å². The molecule has 0 bridgehead atoms. The molecule has 4 rings (SSSR count). The van der Waals surface area contributed by atoms with Crippen molar-refractivity contribution < 1.29 is 0 Å². The van der Waals surface area contributed by atoms with Gasteiger partial charge in [-0.05, 0) is 53.8 Å². The summed E-state index contributed by atoms with van der Waals surface area (Å²) in [4.78, 5) is 30.5. The zero-order valence-electron chi connectivity index (χ0n) is 13.7. The summed E-state index contributed by atoms with van der Waals surface area (Å²) < 4.78 is 0. The highest BCUT2D eigenvalue weighted by atomic mass is 16.1. The smallest absolute Gasteiger partial charge is 0.256 e. The molecule has 2 N–H and O–H groups in total. The molecule has 0 radical (unpaired) electrons. The summed E-state index contributed by atoms with van der Waals surface area (Å²) in [5, 5.41) is 0.900. The number of hydrogen-bond acceptors (Lipinski definition) is 2. The molecule has 0 atom stereocenters. The van der Waals surface area contributed by atoms with Gasteiger partial charge >= 0.3 is 0 Å². The van der Waals surface area contributed by atoms with Crippen LogP contribution in [0.4, 0.5) is 0 Å². The van der Waals surface area contributed by atoms with Crippen molar-refractivity contribution in [2.24, 2.45) is 0 Å². The number of fused-ring (bicyclic) bond motifs is 1. The molecule has 0 amide bonds. The molecule has 2 heterocycles. The van der Waals surface area contributed by atoms with Crippen LogP contribution in [0.2, 0.25) is 0 Å². The van der Waals surface area contributed by atoms with E-state index in [2.05, 4.69) is 9.97 Å². The minimum Gasteiger partial charge on any atom is -0.329 e. The molecule has 4 heteroatoms. The van der Waals surface area contributed by atoms with E-state index >= 15 is 0 Å². The fourth-order valence-corrected chi connectivity index (χ4v) is 3.15. The van der Waals surface area contributed by atoms with E-state index in [-0.39, 0.29) is 11.1 Å². The van der Waals surface area contributed by atoms with Crippen molar-refractivity contribution >= 4 is 10.9 Å². The predicted octanol–water partition coefficient (Wildman–Crippen LogP) is 3.86. The Kier molecular flexibility index (Phi) is 3.58. The van der Waals surface area contributed by atoms with Crippen molar-refractivity contribution in [3.63, 3.8) is 0 Å². The van der Waals surface area contributed by atoms with Crippen LogP contribution in [0.3, 0.4) is 0 Å². The van der Waals surface area contributed by atoms with E-state index in [1.54, 1.807) is 18.3 Å². The summed E-state index contributed by atoms with van der Waals surface area (Å²) >= 11 is 0. The molecule has 0 aliphatic carbocycles. The molecule has 4 aromatic rings. The van der Waals surface area contributed by atoms with Gasteiger partial charge in [0.1, 0.15) is 0 Å². The summed E-state index contributed by atoms with van der Waals surface area (Å²) in [6, 6.07) is 18.9. The lowest BCUT2D eigenvalue weighted by molar-refractivity contribution is 1.24. The van der Waals surface area contributed by atoms with Crippen LogP contribution < -0.4 is 11.1 Å². The predicted molar refractivity (Wildman–Crippen MR) is 101 cm³/mol. The molecule has 25 heavy (non-hydrogen) atoms. The molecule has 0 unspecified atom stereocenters. The highest BCUT2D eigenvalue weighted by molar-refractivity contribution is 5.95. The third-order valence-corrected chi connectivity index (χ3v) is 4.29. The first-order valence-electron chi connectivity index (χ1n) is 8.04. The average molecular weight is 328 g/mol. The topological polar surface area (TPSA) is 65.7 Å². The van der Waals surface area contributed by atoms with Gasteiger partial charge in [0.05, 0.1) is 5.52 Å². The number of rotatable bonds is 2. The minimum absolute atomic E-state index is 0.170. The Labute approximate surface area is 143 Å². The quantitative estimate of drug-likeness (QED) is 0.587. The second-order valence-electron chi connectivity index (χ2n) is 6.07. The lowest BCUT2D eigenvalue weighted by Gasteiger charge is -2.10. The Bertz CT molecular complexity index is 1190. The molecule has 0 spiro atoms. The van der Waals surface area contributed by atoms with Gasteiger partial charge in [0, 0.05) is 22.9 Å². The molecule has 2 aromatic carbocycles. The Hall–Kier alpha value is -3.40. The molecule has 122 valence electrons. The van der Waals surface area contributed by atoms with Gasteiger partial charge in [-0.3, -0.25) is 9.59 Å². The van der Waals surface area contributed by atoms with Crippen molar-refractivity contribution in [1.82, 2.24) is 9.97 Å². The maximum Gasteiger partial charge on any atom is 0.256 e. The third-order valence-electron chi connectivity index (χ3n) is 4.29. The van der Waals surface area contributed by atoms with Gasteiger partial charge in [-0.25, -0.2) is 0 Å².